The summed E-state index contributed by atoms with van der Waals surface area (Å²) in [5.41, 5.74) is 0.666. The van der Waals surface area contributed by atoms with Crippen LogP contribution >= 0.6 is 11.8 Å². The Morgan fingerprint density at radius 3 is 2.61 bits per heavy atom. The Hall–Kier alpha value is -1.36. The van der Waals surface area contributed by atoms with E-state index in [2.05, 4.69) is 12.2 Å². The highest BCUT2D eigenvalue weighted by Gasteiger charge is 2.24. The second kappa shape index (κ2) is 9.06. The zero-order chi connectivity index (χ0) is 16.7. The van der Waals surface area contributed by atoms with Gasteiger partial charge in [-0.3, -0.25) is 4.79 Å². The predicted molar refractivity (Wildman–Crippen MR) is 96.7 cm³/mol. The van der Waals surface area contributed by atoms with Crippen LogP contribution in [-0.4, -0.2) is 30.6 Å². The second-order valence-electron chi connectivity index (χ2n) is 5.85. The molecule has 1 unspecified atom stereocenters. The van der Waals surface area contributed by atoms with Gasteiger partial charge in [0.1, 0.15) is 11.5 Å². The lowest BCUT2D eigenvalue weighted by atomic mass is 10.0. The van der Waals surface area contributed by atoms with E-state index in [4.69, 9.17) is 9.47 Å². The van der Waals surface area contributed by atoms with Crippen molar-refractivity contribution in [1.29, 1.82) is 0 Å². The number of ether oxygens (including phenoxy) is 2. The summed E-state index contributed by atoms with van der Waals surface area (Å²) < 4.78 is 10.6. The quantitative estimate of drug-likeness (QED) is 0.796. The number of nitrogens with one attached hydrogen (secondary N) is 1. The van der Waals surface area contributed by atoms with Gasteiger partial charge in [0.25, 0.3) is 0 Å². The monoisotopic (exact) mass is 337 g/mol. The fourth-order valence-corrected chi connectivity index (χ4v) is 4.35. The number of carbonyl (C=O) groups is 1. The molecule has 1 N–H and O–H groups in total. The third-order valence-electron chi connectivity index (χ3n) is 4.24. The molecule has 5 heteroatoms. The van der Waals surface area contributed by atoms with Crippen molar-refractivity contribution in [1.82, 2.24) is 0 Å². The second-order valence-corrected chi connectivity index (χ2v) is 7.36. The van der Waals surface area contributed by atoms with Crippen LogP contribution in [0.15, 0.2) is 18.2 Å². The molecule has 0 radical (unpaired) electrons. The van der Waals surface area contributed by atoms with Crippen LogP contribution in [0.3, 0.4) is 0 Å². The highest BCUT2D eigenvalue weighted by Crippen LogP contribution is 2.34. The standard InChI is InChI=1S/C18H27NO3S/c1-4-17(23-14-8-6-5-7-9-14)18(20)19-15-12-13(21-2)10-11-16(15)22-3/h10-12,14,17H,4-9H2,1-3H3,(H,19,20). The molecule has 1 amide bonds. The van der Waals surface area contributed by atoms with E-state index in [0.29, 0.717) is 22.4 Å². The lowest BCUT2D eigenvalue weighted by Gasteiger charge is -2.25. The van der Waals surface area contributed by atoms with Crippen molar-refractivity contribution in [3.05, 3.63) is 18.2 Å². The van der Waals surface area contributed by atoms with Crippen LogP contribution in [0.1, 0.15) is 45.4 Å². The van der Waals surface area contributed by atoms with Crippen LogP contribution in [0.25, 0.3) is 0 Å². The molecule has 2 rings (SSSR count). The molecular formula is C18H27NO3S. The maximum absolute atomic E-state index is 12.7. The van der Waals surface area contributed by atoms with Crippen LogP contribution in [0.5, 0.6) is 11.5 Å². The van der Waals surface area contributed by atoms with Crippen molar-refractivity contribution in [2.75, 3.05) is 19.5 Å². The van der Waals surface area contributed by atoms with Crippen LogP contribution in [0, 0.1) is 0 Å². The minimum Gasteiger partial charge on any atom is -0.497 e. The lowest BCUT2D eigenvalue weighted by molar-refractivity contribution is -0.115. The van der Waals surface area contributed by atoms with Gasteiger partial charge in [-0.05, 0) is 31.4 Å². The van der Waals surface area contributed by atoms with Gasteiger partial charge in [0, 0.05) is 11.3 Å². The zero-order valence-electron chi connectivity index (χ0n) is 14.3. The van der Waals surface area contributed by atoms with Crippen molar-refractivity contribution in [2.45, 2.75) is 55.9 Å². The Morgan fingerprint density at radius 2 is 2.00 bits per heavy atom. The van der Waals surface area contributed by atoms with Gasteiger partial charge in [-0.25, -0.2) is 0 Å². The largest absolute Gasteiger partial charge is 0.497 e. The minimum absolute atomic E-state index is 0.0194. The molecule has 1 aliphatic rings. The first-order valence-electron chi connectivity index (χ1n) is 8.36. The van der Waals surface area contributed by atoms with Crippen LogP contribution in [-0.2, 0) is 4.79 Å². The summed E-state index contributed by atoms with van der Waals surface area (Å²) in [6.07, 6.45) is 7.22. The molecule has 0 aromatic heterocycles. The Bertz CT molecular complexity index is 515. The van der Waals surface area contributed by atoms with E-state index < -0.39 is 0 Å². The normalized spacial score (nSPS) is 16.7. The molecule has 23 heavy (non-hydrogen) atoms. The molecule has 1 aromatic rings. The van der Waals surface area contributed by atoms with E-state index in [-0.39, 0.29) is 11.2 Å². The maximum Gasteiger partial charge on any atom is 0.237 e. The fourth-order valence-electron chi connectivity index (χ4n) is 2.90. The van der Waals surface area contributed by atoms with Crippen molar-refractivity contribution >= 4 is 23.4 Å². The molecule has 128 valence electrons. The van der Waals surface area contributed by atoms with E-state index in [1.54, 1.807) is 20.3 Å². The highest BCUT2D eigenvalue weighted by molar-refractivity contribution is 8.01. The summed E-state index contributed by atoms with van der Waals surface area (Å²) >= 11 is 1.83. The fraction of sp³-hybridized carbons (Fsp3) is 0.611. The highest BCUT2D eigenvalue weighted by atomic mass is 32.2. The molecule has 0 heterocycles. The summed E-state index contributed by atoms with van der Waals surface area (Å²) in [6, 6.07) is 5.43. The minimum atomic E-state index is -0.0194. The zero-order valence-corrected chi connectivity index (χ0v) is 15.1. The Labute approximate surface area is 143 Å². The number of hydrogen-bond donors (Lipinski definition) is 1. The number of methoxy groups -OCH3 is 2. The number of carbonyl (C=O) groups excluding carboxylic acids is 1. The van der Waals surface area contributed by atoms with Crippen molar-refractivity contribution < 1.29 is 14.3 Å². The van der Waals surface area contributed by atoms with Crippen LogP contribution < -0.4 is 14.8 Å². The molecule has 0 spiro atoms. The number of benzene rings is 1. The maximum atomic E-state index is 12.7. The van der Waals surface area contributed by atoms with Gasteiger partial charge in [-0.2, -0.15) is 0 Å². The summed E-state index contributed by atoms with van der Waals surface area (Å²) in [5.74, 6) is 1.40. The molecule has 1 saturated carbocycles. The summed E-state index contributed by atoms with van der Waals surface area (Å²) in [5, 5.41) is 3.61. The summed E-state index contributed by atoms with van der Waals surface area (Å²) in [4.78, 5) is 12.7. The van der Waals surface area contributed by atoms with Crippen LogP contribution in [0.4, 0.5) is 5.69 Å². The number of thioether (sulfide) groups is 1. The molecule has 1 atom stereocenters. The SMILES string of the molecule is CCC(SC1CCCCC1)C(=O)Nc1cc(OC)ccc1OC. The van der Waals surface area contributed by atoms with E-state index in [1.807, 2.05) is 23.9 Å². The van der Waals surface area contributed by atoms with E-state index in [9.17, 15) is 4.79 Å². The Kier molecular flexibility index (Phi) is 7.09. The molecular weight excluding hydrogens is 310 g/mol. The first-order chi connectivity index (χ1) is 11.2. The third-order valence-corrected chi connectivity index (χ3v) is 5.97. The van der Waals surface area contributed by atoms with Gasteiger partial charge < -0.3 is 14.8 Å². The summed E-state index contributed by atoms with van der Waals surface area (Å²) in [6.45, 7) is 2.07. The van der Waals surface area contributed by atoms with Gasteiger partial charge in [-0.1, -0.05) is 26.2 Å². The molecule has 1 aromatic carbocycles. The predicted octanol–water partition coefficient (Wildman–Crippen LogP) is 4.49. The average molecular weight is 337 g/mol. The van der Waals surface area contributed by atoms with Crippen LogP contribution in [0.2, 0.25) is 0 Å². The average Bonchev–Trinajstić information content (AvgIpc) is 2.60. The van der Waals surface area contributed by atoms with Gasteiger partial charge in [0.15, 0.2) is 0 Å². The van der Waals surface area contributed by atoms with E-state index in [1.165, 1.54) is 32.1 Å². The van der Waals surface area contributed by atoms with E-state index >= 15 is 0 Å². The molecule has 0 bridgehead atoms. The third kappa shape index (κ3) is 5.06. The van der Waals surface area contributed by atoms with Gasteiger partial charge >= 0.3 is 0 Å². The number of hydrogen-bond acceptors (Lipinski definition) is 4. The molecule has 4 nitrogen and oxygen atoms in total. The summed E-state index contributed by atoms with van der Waals surface area (Å²) in [7, 11) is 3.22. The molecule has 0 saturated heterocycles. The van der Waals surface area contributed by atoms with Gasteiger partial charge in [-0.15, -0.1) is 11.8 Å². The van der Waals surface area contributed by atoms with Gasteiger partial charge in [0.05, 0.1) is 25.2 Å². The Balaban J connectivity index is 2.03. The molecule has 1 aliphatic carbocycles. The van der Waals surface area contributed by atoms with Gasteiger partial charge in [0.2, 0.25) is 5.91 Å². The molecule has 1 fully saturated rings. The number of rotatable bonds is 7. The lowest BCUT2D eigenvalue weighted by Crippen LogP contribution is -2.27. The van der Waals surface area contributed by atoms with E-state index in [0.717, 1.165) is 6.42 Å². The van der Waals surface area contributed by atoms with Crippen molar-refractivity contribution in [3.8, 4) is 11.5 Å². The van der Waals surface area contributed by atoms with Crippen molar-refractivity contribution in [2.24, 2.45) is 0 Å². The first-order valence-corrected chi connectivity index (χ1v) is 9.30. The topological polar surface area (TPSA) is 47.6 Å². The number of amides is 1. The number of anilines is 1. The molecule has 0 aliphatic heterocycles. The van der Waals surface area contributed by atoms with Crippen molar-refractivity contribution in [3.63, 3.8) is 0 Å². The Morgan fingerprint density at radius 1 is 1.26 bits per heavy atom. The first kappa shape index (κ1) is 18.0. The smallest absolute Gasteiger partial charge is 0.237 e.